The van der Waals surface area contributed by atoms with Gasteiger partial charge in [-0.25, -0.2) is 0 Å². The van der Waals surface area contributed by atoms with Crippen LogP contribution in [-0.4, -0.2) is 47.8 Å². The molecule has 0 spiro atoms. The van der Waals surface area contributed by atoms with Gasteiger partial charge >= 0.3 is 0 Å². The van der Waals surface area contributed by atoms with E-state index in [1.165, 1.54) is 10.5 Å². The first-order valence-corrected chi connectivity index (χ1v) is 10.8. The van der Waals surface area contributed by atoms with Gasteiger partial charge < -0.3 is 5.32 Å². The lowest BCUT2D eigenvalue weighted by Gasteiger charge is -2.28. The van der Waals surface area contributed by atoms with Crippen molar-refractivity contribution >= 4 is 11.8 Å². The molecule has 0 aliphatic carbocycles. The van der Waals surface area contributed by atoms with Gasteiger partial charge in [0.2, 0.25) is 0 Å². The number of imide groups is 1. The average molecular weight is 412 g/mol. The summed E-state index contributed by atoms with van der Waals surface area (Å²) in [4.78, 5) is 29.6. The summed E-state index contributed by atoms with van der Waals surface area (Å²) in [6.07, 6.45) is 0. The Morgan fingerprint density at radius 1 is 0.613 bits per heavy atom. The minimum Gasteiger partial charge on any atom is -0.314 e. The number of hydrogen-bond acceptors (Lipinski definition) is 4. The number of piperazine rings is 1. The third-order valence-corrected chi connectivity index (χ3v) is 6.14. The normalized spacial score (nSPS) is 16.6. The number of fused-ring (bicyclic) bond motifs is 1. The topological polar surface area (TPSA) is 52.7 Å². The van der Waals surface area contributed by atoms with Gasteiger partial charge in [0, 0.05) is 32.7 Å². The van der Waals surface area contributed by atoms with E-state index in [4.69, 9.17) is 0 Å². The minimum atomic E-state index is -0.218. The maximum Gasteiger partial charge on any atom is 0.261 e. The van der Waals surface area contributed by atoms with Gasteiger partial charge in [0.25, 0.3) is 11.8 Å². The average Bonchev–Trinajstić information content (AvgIpc) is 3.06. The SMILES string of the molecule is O=C1c2ccccc2C(=O)N1Cc1ccccc1-c1ccccc1CN1CCNCC1. The molecule has 1 fully saturated rings. The monoisotopic (exact) mass is 411 g/mol. The van der Waals surface area contributed by atoms with Crippen LogP contribution in [0.3, 0.4) is 0 Å². The van der Waals surface area contributed by atoms with Crippen LogP contribution in [-0.2, 0) is 13.1 Å². The Bertz CT molecular complexity index is 1100. The number of hydrogen-bond donors (Lipinski definition) is 1. The lowest BCUT2D eigenvalue weighted by atomic mass is 9.94. The molecule has 2 heterocycles. The van der Waals surface area contributed by atoms with Crippen LogP contribution in [0.2, 0.25) is 0 Å². The lowest BCUT2D eigenvalue weighted by Crippen LogP contribution is -2.42. The van der Waals surface area contributed by atoms with E-state index in [-0.39, 0.29) is 18.4 Å². The summed E-state index contributed by atoms with van der Waals surface area (Å²) in [6.45, 7) is 5.25. The Morgan fingerprint density at radius 2 is 1.06 bits per heavy atom. The highest BCUT2D eigenvalue weighted by atomic mass is 16.2. The highest BCUT2D eigenvalue weighted by Crippen LogP contribution is 2.31. The second-order valence-electron chi connectivity index (χ2n) is 8.08. The molecule has 1 saturated heterocycles. The molecule has 0 saturated carbocycles. The van der Waals surface area contributed by atoms with Crippen molar-refractivity contribution < 1.29 is 9.59 Å². The third kappa shape index (κ3) is 3.78. The second kappa shape index (κ2) is 8.46. The number of rotatable bonds is 5. The van der Waals surface area contributed by atoms with Crippen LogP contribution in [0.25, 0.3) is 11.1 Å². The van der Waals surface area contributed by atoms with Crippen molar-refractivity contribution in [2.24, 2.45) is 0 Å². The lowest BCUT2D eigenvalue weighted by molar-refractivity contribution is 0.0642. The molecule has 2 aliphatic heterocycles. The summed E-state index contributed by atoms with van der Waals surface area (Å²) < 4.78 is 0. The van der Waals surface area contributed by atoms with Crippen LogP contribution in [0.5, 0.6) is 0 Å². The van der Waals surface area contributed by atoms with Crippen molar-refractivity contribution in [2.45, 2.75) is 13.1 Å². The molecule has 3 aromatic carbocycles. The number of benzene rings is 3. The van der Waals surface area contributed by atoms with Gasteiger partial charge in [-0.3, -0.25) is 19.4 Å². The van der Waals surface area contributed by atoms with Crippen LogP contribution >= 0.6 is 0 Å². The van der Waals surface area contributed by atoms with Crippen molar-refractivity contribution in [1.82, 2.24) is 15.1 Å². The first kappa shape index (κ1) is 19.7. The van der Waals surface area contributed by atoms with Gasteiger partial charge in [-0.1, -0.05) is 60.7 Å². The van der Waals surface area contributed by atoms with Crippen LogP contribution in [0.1, 0.15) is 31.8 Å². The van der Waals surface area contributed by atoms with Gasteiger partial charge in [-0.2, -0.15) is 0 Å². The van der Waals surface area contributed by atoms with E-state index in [2.05, 4.69) is 40.5 Å². The number of carbonyl (C=O) groups excluding carboxylic acids is 2. The molecular weight excluding hydrogens is 386 g/mol. The molecule has 2 aliphatic rings. The molecule has 2 amide bonds. The number of carbonyl (C=O) groups is 2. The minimum absolute atomic E-state index is 0.218. The van der Waals surface area contributed by atoms with Crippen LogP contribution in [0.4, 0.5) is 0 Å². The zero-order valence-corrected chi connectivity index (χ0v) is 17.4. The molecule has 5 heteroatoms. The number of nitrogens with zero attached hydrogens (tertiary/aromatic N) is 2. The standard InChI is InChI=1S/C26H25N3O2/c30-25-23-11-5-6-12-24(23)26(31)29(25)18-20-8-2-4-10-22(20)21-9-3-1-7-19(21)17-28-15-13-27-14-16-28/h1-12,27H,13-18H2. The summed E-state index contributed by atoms with van der Waals surface area (Å²) in [5.41, 5.74) is 5.45. The Hall–Kier alpha value is -3.28. The highest BCUT2D eigenvalue weighted by molar-refractivity contribution is 6.21. The zero-order chi connectivity index (χ0) is 21.2. The predicted octanol–water partition coefficient (Wildman–Crippen LogP) is 3.56. The number of nitrogens with one attached hydrogen (secondary N) is 1. The molecular formula is C26H25N3O2. The highest BCUT2D eigenvalue weighted by Gasteiger charge is 2.35. The summed E-state index contributed by atoms with van der Waals surface area (Å²) in [7, 11) is 0. The molecule has 0 aromatic heterocycles. The second-order valence-corrected chi connectivity index (χ2v) is 8.08. The van der Waals surface area contributed by atoms with Gasteiger partial charge in [-0.15, -0.1) is 0 Å². The third-order valence-electron chi connectivity index (χ3n) is 6.14. The maximum atomic E-state index is 12.9. The van der Waals surface area contributed by atoms with E-state index in [9.17, 15) is 9.59 Å². The van der Waals surface area contributed by atoms with Gasteiger partial charge in [0.15, 0.2) is 0 Å². The van der Waals surface area contributed by atoms with Crippen LogP contribution in [0.15, 0.2) is 72.8 Å². The molecule has 0 unspecified atom stereocenters. The van der Waals surface area contributed by atoms with E-state index in [1.807, 2.05) is 18.2 Å². The van der Waals surface area contributed by atoms with Gasteiger partial charge in [0.1, 0.15) is 0 Å². The van der Waals surface area contributed by atoms with E-state index >= 15 is 0 Å². The molecule has 5 nitrogen and oxygen atoms in total. The summed E-state index contributed by atoms with van der Waals surface area (Å²) >= 11 is 0. The number of amides is 2. The van der Waals surface area contributed by atoms with Gasteiger partial charge in [0.05, 0.1) is 17.7 Å². The van der Waals surface area contributed by atoms with Gasteiger partial charge in [-0.05, 0) is 34.4 Å². The molecule has 0 radical (unpaired) electrons. The summed E-state index contributed by atoms with van der Waals surface area (Å²) in [5, 5.41) is 3.40. The molecule has 3 aromatic rings. The van der Waals surface area contributed by atoms with Crippen LogP contribution in [0, 0.1) is 0 Å². The Kier molecular flexibility index (Phi) is 5.37. The van der Waals surface area contributed by atoms with Crippen molar-refractivity contribution in [1.29, 1.82) is 0 Å². The fraction of sp³-hybridized carbons (Fsp3) is 0.231. The van der Waals surface area contributed by atoms with E-state index in [0.717, 1.165) is 49.4 Å². The molecule has 156 valence electrons. The van der Waals surface area contributed by atoms with Crippen molar-refractivity contribution in [3.8, 4) is 11.1 Å². The Balaban J connectivity index is 1.46. The first-order valence-electron chi connectivity index (χ1n) is 10.8. The summed E-state index contributed by atoms with van der Waals surface area (Å²) in [5.74, 6) is -0.436. The molecule has 5 rings (SSSR count). The van der Waals surface area contributed by atoms with Crippen LogP contribution < -0.4 is 5.32 Å². The quantitative estimate of drug-likeness (QED) is 0.653. The smallest absolute Gasteiger partial charge is 0.261 e. The largest absolute Gasteiger partial charge is 0.314 e. The van der Waals surface area contributed by atoms with E-state index in [0.29, 0.717) is 11.1 Å². The molecule has 31 heavy (non-hydrogen) atoms. The van der Waals surface area contributed by atoms with Crippen molar-refractivity contribution in [3.63, 3.8) is 0 Å². The zero-order valence-electron chi connectivity index (χ0n) is 17.4. The molecule has 1 N–H and O–H groups in total. The first-order chi connectivity index (χ1) is 15.2. The maximum absolute atomic E-state index is 12.9. The fourth-order valence-corrected chi connectivity index (χ4v) is 4.51. The van der Waals surface area contributed by atoms with E-state index in [1.54, 1.807) is 24.3 Å². The Labute approximate surface area is 182 Å². The van der Waals surface area contributed by atoms with Crippen molar-refractivity contribution in [3.05, 3.63) is 95.1 Å². The fourth-order valence-electron chi connectivity index (χ4n) is 4.51. The molecule has 0 bridgehead atoms. The summed E-state index contributed by atoms with van der Waals surface area (Å²) in [6, 6.07) is 23.6. The Morgan fingerprint density at radius 3 is 1.61 bits per heavy atom. The van der Waals surface area contributed by atoms with E-state index < -0.39 is 0 Å². The molecule has 0 atom stereocenters. The van der Waals surface area contributed by atoms with Crippen molar-refractivity contribution in [2.75, 3.05) is 26.2 Å². The predicted molar refractivity (Wildman–Crippen MR) is 121 cm³/mol.